The third kappa shape index (κ3) is 6.23. The van der Waals surface area contributed by atoms with Gasteiger partial charge in [-0.2, -0.15) is 0 Å². The van der Waals surface area contributed by atoms with Crippen LogP contribution < -0.4 is 22.9 Å². The fourth-order valence-electron chi connectivity index (χ4n) is 4.63. The van der Waals surface area contributed by atoms with Gasteiger partial charge in [-0.3, -0.25) is 9.97 Å². The Hall–Kier alpha value is -2.10. The van der Waals surface area contributed by atoms with Crippen LogP contribution in [0.3, 0.4) is 0 Å². The van der Waals surface area contributed by atoms with Crippen LogP contribution in [0.1, 0.15) is 17.8 Å². The molecule has 0 amide bonds. The van der Waals surface area contributed by atoms with Gasteiger partial charge >= 0.3 is 0 Å². The number of nitrogens with two attached hydrogens (primary N) is 4. The molecule has 2 aliphatic rings. The predicted octanol–water partition coefficient (Wildman–Crippen LogP) is -1.88. The maximum absolute atomic E-state index is 11.1. The maximum Gasteiger partial charge on any atom is 0.176 e. The Bertz CT molecular complexity index is 930. The molecule has 10 N–H and O–H groups in total. The molecule has 2 aromatic rings. The van der Waals surface area contributed by atoms with E-state index in [-0.39, 0.29) is 19.8 Å². The average Bonchev–Trinajstić information content (AvgIpc) is 2.88. The van der Waals surface area contributed by atoms with Crippen molar-refractivity contribution in [3.05, 3.63) is 60.2 Å². The van der Waals surface area contributed by atoms with E-state index < -0.39 is 61.0 Å². The fourth-order valence-corrected chi connectivity index (χ4v) is 4.63. The number of nitrogens with zero attached hydrogens (tertiary/aromatic N) is 2. The molecule has 36 heavy (non-hydrogen) atoms. The van der Waals surface area contributed by atoms with E-state index in [1.54, 1.807) is 30.6 Å². The van der Waals surface area contributed by atoms with Crippen molar-refractivity contribution < 1.29 is 29.2 Å². The van der Waals surface area contributed by atoms with Crippen LogP contribution in [0.2, 0.25) is 0 Å². The average molecular weight is 505 g/mol. The van der Waals surface area contributed by atoms with Crippen LogP contribution in [-0.4, -0.2) is 87.8 Å². The highest BCUT2D eigenvalue weighted by atomic mass is 16.7. The monoisotopic (exact) mass is 504 g/mol. The molecule has 1 saturated heterocycles. The number of aromatic nitrogens is 2. The lowest BCUT2D eigenvalue weighted by atomic mass is 9.84. The van der Waals surface area contributed by atoms with E-state index >= 15 is 0 Å². The van der Waals surface area contributed by atoms with Gasteiger partial charge in [-0.15, -0.1) is 0 Å². The summed E-state index contributed by atoms with van der Waals surface area (Å²) in [5.41, 5.74) is 26.2. The molecule has 4 rings (SSSR count). The molecular weight excluding hydrogens is 468 g/mol. The molecule has 198 valence electrons. The molecule has 0 aromatic carbocycles. The Morgan fingerprint density at radius 3 is 1.97 bits per heavy atom. The zero-order valence-corrected chi connectivity index (χ0v) is 20.0. The summed E-state index contributed by atoms with van der Waals surface area (Å²) < 4.78 is 23.8. The molecule has 0 spiro atoms. The SMILES string of the molecule is NC[C@H]1O[C@H](O[C@H]2[C@H](O)[C@@H](OCc3ccccn3)[C@H](N)C[C@@H]2N)[C@H](N)[C@@H](OCc2ccccn2)[C@@H]1O. The van der Waals surface area contributed by atoms with E-state index in [1.165, 1.54) is 0 Å². The van der Waals surface area contributed by atoms with Crippen LogP contribution in [0.5, 0.6) is 0 Å². The molecule has 1 saturated carbocycles. The molecule has 12 heteroatoms. The molecule has 0 bridgehead atoms. The molecule has 0 unspecified atom stereocenters. The third-order valence-electron chi connectivity index (χ3n) is 6.60. The lowest BCUT2D eigenvalue weighted by Crippen LogP contribution is -2.68. The second-order valence-corrected chi connectivity index (χ2v) is 9.19. The van der Waals surface area contributed by atoms with Crippen LogP contribution in [-0.2, 0) is 32.2 Å². The van der Waals surface area contributed by atoms with Gasteiger partial charge in [0, 0.05) is 31.0 Å². The largest absolute Gasteiger partial charge is 0.388 e. The van der Waals surface area contributed by atoms with Crippen molar-refractivity contribution in [1.82, 2.24) is 9.97 Å². The highest BCUT2D eigenvalue weighted by molar-refractivity contribution is 5.05. The normalized spacial score (nSPS) is 37.1. The summed E-state index contributed by atoms with van der Waals surface area (Å²) in [6, 6.07) is 8.91. The number of ether oxygens (including phenoxy) is 4. The molecular formula is C24H36N6O6. The second kappa shape index (κ2) is 12.4. The van der Waals surface area contributed by atoms with Gasteiger partial charge in [0.15, 0.2) is 6.29 Å². The Labute approximate surface area is 209 Å². The first-order valence-electron chi connectivity index (χ1n) is 12.1. The minimum atomic E-state index is -1.15. The van der Waals surface area contributed by atoms with Gasteiger partial charge in [0.1, 0.15) is 36.6 Å². The minimum Gasteiger partial charge on any atom is -0.388 e. The standard InChI is InChI=1S/C24H36N6O6/c25-10-17-19(31)23(34-12-14-6-2-4-8-30-14)18(28)24(35-17)36-22-16(27)9-15(26)21(20(22)32)33-11-13-5-1-3-7-29-13/h1-8,15-24,31-32H,9-12,25-28H2/t15-,16+,17-,18-,19-,20-,21+,22-,23-,24-/m1/s1. The molecule has 1 aliphatic heterocycles. The lowest BCUT2D eigenvalue weighted by Gasteiger charge is -2.47. The summed E-state index contributed by atoms with van der Waals surface area (Å²) >= 11 is 0. The lowest BCUT2D eigenvalue weighted by molar-refractivity contribution is -0.295. The molecule has 12 nitrogen and oxygen atoms in total. The van der Waals surface area contributed by atoms with Gasteiger partial charge in [0.2, 0.25) is 0 Å². The van der Waals surface area contributed by atoms with Crippen molar-refractivity contribution >= 4 is 0 Å². The number of hydrogen-bond acceptors (Lipinski definition) is 12. The van der Waals surface area contributed by atoms with E-state index in [2.05, 4.69) is 9.97 Å². The van der Waals surface area contributed by atoms with Crippen molar-refractivity contribution in [1.29, 1.82) is 0 Å². The van der Waals surface area contributed by atoms with E-state index in [4.69, 9.17) is 41.9 Å². The van der Waals surface area contributed by atoms with Crippen molar-refractivity contribution in [2.24, 2.45) is 22.9 Å². The minimum absolute atomic E-state index is 0.0111. The number of hydrogen-bond donors (Lipinski definition) is 6. The van der Waals surface area contributed by atoms with Gasteiger partial charge in [-0.25, -0.2) is 0 Å². The number of aliphatic hydroxyl groups is 2. The smallest absolute Gasteiger partial charge is 0.176 e. The summed E-state index contributed by atoms with van der Waals surface area (Å²) in [4.78, 5) is 8.45. The van der Waals surface area contributed by atoms with Crippen molar-refractivity contribution in [2.75, 3.05) is 6.54 Å². The van der Waals surface area contributed by atoms with Gasteiger partial charge in [0.25, 0.3) is 0 Å². The van der Waals surface area contributed by atoms with Crippen LogP contribution in [0.4, 0.5) is 0 Å². The predicted molar refractivity (Wildman–Crippen MR) is 129 cm³/mol. The van der Waals surface area contributed by atoms with Crippen LogP contribution >= 0.6 is 0 Å². The number of aliphatic hydroxyl groups excluding tert-OH is 2. The summed E-state index contributed by atoms with van der Waals surface area (Å²) in [6.07, 6.45) is -2.91. The highest BCUT2D eigenvalue weighted by Crippen LogP contribution is 2.29. The van der Waals surface area contributed by atoms with E-state index in [1.807, 2.05) is 18.2 Å². The molecule has 0 radical (unpaired) electrons. The molecule has 2 fully saturated rings. The van der Waals surface area contributed by atoms with Gasteiger partial charge in [0.05, 0.1) is 30.6 Å². The van der Waals surface area contributed by atoms with E-state index in [9.17, 15) is 10.2 Å². The van der Waals surface area contributed by atoms with Gasteiger partial charge < -0.3 is 52.1 Å². The Morgan fingerprint density at radius 1 is 0.833 bits per heavy atom. The first-order valence-corrected chi connectivity index (χ1v) is 12.1. The quantitative estimate of drug-likeness (QED) is 0.222. The summed E-state index contributed by atoms with van der Waals surface area (Å²) in [5, 5.41) is 21.9. The van der Waals surface area contributed by atoms with Crippen LogP contribution in [0.25, 0.3) is 0 Å². The molecule has 1 aliphatic carbocycles. The Balaban J connectivity index is 1.43. The number of rotatable bonds is 9. The van der Waals surface area contributed by atoms with Crippen LogP contribution in [0.15, 0.2) is 48.8 Å². The zero-order valence-electron chi connectivity index (χ0n) is 20.0. The van der Waals surface area contributed by atoms with Gasteiger partial charge in [-0.05, 0) is 30.7 Å². The van der Waals surface area contributed by atoms with Crippen molar-refractivity contribution in [3.8, 4) is 0 Å². The summed E-state index contributed by atoms with van der Waals surface area (Å²) in [7, 11) is 0. The third-order valence-corrected chi connectivity index (χ3v) is 6.60. The van der Waals surface area contributed by atoms with Gasteiger partial charge in [-0.1, -0.05) is 12.1 Å². The Kier molecular flexibility index (Phi) is 9.30. The second-order valence-electron chi connectivity index (χ2n) is 9.19. The van der Waals surface area contributed by atoms with Crippen LogP contribution in [0, 0.1) is 0 Å². The summed E-state index contributed by atoms with van der Waals surface area (Å²) in [5.74, 6) is 0. The van der Waals surface area contributed by atoms with E-state index in [0.717, 1.165) is 0 Å². The first kappa shape index (κ1) is 26.9. The molecule has 10 atom stereocenters. The Morgan fingerprint density at radius 2 is 1.42 bits per heavy atom. The highest BCUT2D eigenvalue weighted by Gasteiger charge is 2.49. The van der Waals surface area contributed by atoms with E-state index in [0.29, 0.717) is 17.8 Å². The molecule has 2 aromatic heterocycles. The maximum atomic E-state index is 11.1. The van der Waals surface area contributed by atoms with Crippen molar-refractivity contribution in [2.45, 2.75) is 80.7 Å². The topological polar surface area (TPSA) is 207 Å². The number of pyridine rings is 2. The zero-order chi connectivity index (χ0) is 25.7. The van der Waals surface area contributed by atoms with Crippen molar-refractivity contribution in [3.63, 3.8) is 0 Å². The summed E-state index contributed by atoms with van der Waals surface area (Å²) in [6.45, 7) is 0.309. The fraction of sp³-hybridized carbons (Fsp3) is 0.583. The molecule has 3 heterocycles. The first-order chi connectivity index (χ1) is 17.4.